The summed E-state index contributed by atoms with van der Waals surface area (Å²) in [5.74, 6) is 6.27. The Kier molecular flexibility index (Phi) is 4.43. The zero-order valence-electron chi connectivity index (χ0n) is 8.79. The van der Waals surface area contributed by atoms with Gasteiger partial charge in [-0.2, -0.15) is 0 Å². The van der Waals surface area contributed by atoms with Crippen LogP contribution in [0.5, 0.6) is 5.75 Å². The molecule has 0 bridgehead atoms. The van der Waals surface area contributed by atoms with Gasteiger partial charge in [0.25, 0.3) is 0 Å². The lowest BCUT2D eigenvalue weighted by Crippen LogP contribution is -2.25. The highest BCUT2D eigenvalue weighted by molar-refractivity contribution is 5.30. The maximum Gasteiger partial charge on any atom is 0.119 e. The first kappa shape index (κ1) is 11.0. The molecule has 1 aromatic rings. The standard InChI is InChI=1S/C11H18N2O/c1-3-7-14-11-6-4-5-10(8-11)9(2)13-12/h4-6,8-9,13H,3,7,12H2,1-2H3. The summed E-state index contributed by atoms with van der Waals surface area (Å²) < 4.78 is 5.52. The van der Waals surface area contributed by atoms with Crippen molar-refractivity contribution >= 4 is 0 Å². The fourth-order valence-electron chi connectivity index (χ4n) is 1.19. The van der Waals surface area contributed by atoms with Gasteiger partial charge in [-0.15, -0.1) is 0 Å². The van der Waals surface area contributed by atoms with Crippen LogP contribution >= 0.6 is 0 Å². The van der Waals surface area contributed by atoms with E-state index in [0.717, 1.165) is 24.3 Å². The Morgan fingerprint density at radius 2 is 2.29 bits per heavy atom. The van der Waals surface area contributed by atoms with Gasteiger partial charge in [0.1, 0.15) is 5.75 Å². The minimum atomic E-state index is 0.153. The lowest BCUT2D eigenvalue weighted by Gasteiger charge is -2.12. The first-order valence-corrected chi connectivity index (χ1v) is 4.96. The van der Waals surface area contributed by atoms with Crippen molar-refractivity contribution in [2.24, 2.45) is 5.84 Å². The van der Waals surface area contributed by atoms with Crippen LogP contribution in [0.3, 0.4) is 0 Å². The Hall–Kier alpha value is -1.06. The molecule has 0 fully saturated rings. The van der Waals surface area contributed by atoms with Crippen LogP contribution in [0.4, 0.5) is 0 Å². The predicted octanol–water partition coefficient (Wildman–Crippen LogP) is 2.00. The molecule has 0 aliphatic heterocycles. The number of hydrogen-bond acceptors (Lipinski definition) is 3. The van der Waals surface area contributed by atoms with Crippen molar-refractivity contribution in [3.05, 3.63) is 29.8 Å². The molecule has 0 spiro atoms. The van der Waals surface area contributed by atoms with Gasteiger partial charge in [0.15, 0.2) is 0 Å². The molecule has 0 amide bonds. The van der Waals surface area contributed by atoms with E-state index >= 15 is 0 Å². The number of rotatable bonds is 5. The molecule has 0 saturated heterocycles. The van der Waals surface area contributed by atoms with E-state index in [1.165, 1.54) is 0 Å². The molecule has 0 aliphatic rings. The number of nitrogens with two attached hydrogens (primary N) is 1. The summed E-state index contributed by atoms with van der Waals surface area (Å²) >= 11 is 0. The SMILES string of the molecule is CCCOc1cccc(C(C)NN)c1. The molecule has 1 rings (SSSR count). The van der Waals surface area contributed by atoms with E-state index in [9.17, 15) is 0 Å². The fourth-order valence-corrected chi connectivity index (χ4v) is 1.19. The molecule has 1 atom stereocenters. The van der Waals surface area contributed by atoms with Crippen molar-refractivity contribution in [2.45, 2.75) is 26.3 Å². The van der Waals surface area contributed by atoms with E-state index in [0.29, 0.717) is 0 Å². The van der Waals surface area contributed by atoms with Crippen molar-refractivity contribution < 1.29 is 4.74 Å². The summed E-state index contributed by atoms with van der Waals surface area (Å²) in [4.78, 5) is 0. The molecule has 0 heterocycles. The maximum atomic E-state index is 5.52. The highest BCUT2D eigenvalue weighted by Crippen LogP contribution is 2.18. The van der Waals surface area contributed by atoms with E-state index in [1.807, 2.05) is 31.2 Å². The highest BCUT2D eigenvalue weighted by atomic mass is 16.5. The first-order valence-electron chi connectivity index (χ1n) is 4.96. The smallest absolute Gasteiger partial charge is 0.119 e. The van der Waals surface area contributed by atoms with Gasteiger partial charge in [-0.25, -0.2) is 0 Å². The topological polar surface area (TPSA) is 47.3 Å². The first-order chi connectivity index (χ1) is 6.77. The summed E-state index contributed by atoms with van der Waals surface area (Å²) in [7, 11) is 0. The minimum Gasteiger partial charge on any atom is -0.494 e. The summed E-state index contributed by atoms with van der Waals surface area (Å²) in [6, 6.07) is 8.14. The van der Waals surface area contributed by atoms with Crippen LogP contribution in [-0.2, 0) is 0 Å². The Balaban J connectivity index is 2.68. The second kappa shape index (κ2) is 5.62. The third-order valence-electron chi connectivity index (χ3n) is 2.08. The van der Waals surface area contributed by atoms with Gasteiger partial charge < -0.3 is 4.74 Å². The number of hydrogen-bond donors (Lipinski definition) is 2. The lowest BCUT2D eigenvalue weighted by molar-refractivity contribution is 0.317. The van der Waals surface area contributed by atoms with Crippen molar-refractivity contribution in [2.75, 3.05) is 6.61 Å². The Bertz CT molecular complexity index is 276. The summed E-state index contributed by atoms with van der Waals surface area (Å²) in [5.41, 5.74) is 3.85. The molecule has 1 unspecified atom stereocenters. The second-order valence-electron chi connectivity index (χ2n) is 3.31. The quantitative estimate of drug-likeness (QED) is 0.556. The average molecular weight is 194 g/mol. The van der Waals surface area contributed by atoms with Gasteiger partial charge in [0, 0.05) is 6.04 Å². The molecule has 0 saturated carbocycles. The summed E-state index contributed by atoms with van der Waals surface area (Å²) in [6.45, 7) is 4.86. The largest absolute Gasteiger partial charge is 0.494 e. The Morgan fingerprint density at radius 3 is 2.93 bits per heavy atom. The Morgan fingerprint density at radius 1 is 1.50 bits per heavy atom. The summed E-state index contributed by atoms with van der Waals surface area (Å²) in [5, 5.41) is 0. The molecule has 0 aliphatic carbocycles. The summed E-state index contributed by atoms with van der Waals surface area (Å²) in [6.07, 6.45) is 1.02. The van der Waals surface area contributed by atoms with Gasteiger partial charge >= 0.3 is 0 Å². The van der Waals surface area contributed by atoms with Crippen LogP contribution in [-0.4, -0.2) is 6.61 Å². The van der Waals surface area contributed by atoms with Gasteiger partial charge in [-0.05, 0) is 31.0 Å². The second-order valence-corrected chi connectivity index (χ2v) is 3.31. The van der Waals surface area contributed by atoms with E-state index < -0.39 is 0 Å². The fraction of sp³-hybridized carbons (Fsp3) is 0.455. The molecule has 0 radical (unpaired) electrons. The van der Waals surface area contributed by atoms with Crippen molar-refractivity contribution in [1.29, 1.82) is 0 Å². The van der Waals surface area contributed by atoms with Crippen LogP contribution in [0, 0.1) is 0 Å². The zero-order chi connectivity index (χ0) is 10.4. The number of benzene rings is 1. The van der Waals surface area contributed by atoms with Crippen molar-refractivity contribution in [3.8, 4) is 5.75 Å². The molecule has 1 aromatic carbocycles. The predicted molar refractivity (Wildman–Crippen MR) is 58.0 cm³/mol. The lowest BCUT2D eigenvalue weighted by atomic mass is 10.1. The van der Waals surface area contributed by atoms with Crippen LogP contribution < -0.4 is 16.0 Å². The molecular weight excluding hydrogens is 176 g/mol. The van der Waals surface area contributed by atoms with E-state index in [-0.39, 0.29) is 6.04 Å². The van der Waals surface area contributed by atoms with Crippen molar-refractivity contribution in [3.63, 3.8) is 0 Å². The van der Waals surface area contributed by atoms with Gasteiger partial charge in [-0.1, -0.05) is 19.1 Å². The highest BCUT2D eigenvalue weighted by Gasteiger charge is 2.03. The average Bonchev–Trinajstić information content (AvgIpc) is 2.25. The molecule has 3 N–H and O–H groups in total. The normalized spacial score (nSPS) is 12.5. The van der Waals surface area contributed by atoms with E-state index in [2.05, 4.69) is 12.3 Å². The molecular formula is C11H18N2O. The maximum absolute atomic E-state index is 5.52. The zero-order valence-corrected chi connectivity index (χ0v) is 8.79. The number of hydrazine groups is 1. The van der Waals surface area contributed by atoms with Gasteiger partial charge in [0.05, 0.1) is 6.61 Å². The number of ether oxygens (including phenoxy) is 1. The molecule has 14 heavy (non-hydrogen) atoms. The van der Waals surface area contributed by atoms with E-state index in [1.54, 1.807) is 0 Å². The van der Waals surface area contributed by atoms with Crippen LogP contribution in [0.25, 0.3) is 0 Å². The monoisotopic (exact) mass is 194 g/mol. The minimum absolute atomic E-state index is 0.153. The van der Waals surface area contributed by atoms with Crippen molar-refractivity contribution in [1.82, 2.24) is 5.43 Å². The third-order valence-corrected chi connectivity index (χ3v) is 2.08. The molecule has 78 valence electrons. The van der Waals surface area contributed by atoms with Gasteiger partial charge in [-0.3, -0.25) is 11.3 Å². The third kappa shape index (κ3) is 3.01. The van der Waals surface area contributed by atoms with E-state index in [4.69, 9.17) is 10.6 Å². The van der Waals surface area contributed by atoms with Crippen LogP contribution in [0.2, 0.25) is 0 Å². The van der Waals surface area contributed by atoms with Crippen LogP contribution in [0.15, 0.2) is 24.3 Å². The van der Waals surface area contributed by atoms with Gasteiger partial charge in [0.2, 0.25) is 0 Å². The number of nitrogens with one attached hydrogen (secondary N) is 1. The Labute approximate surface area is 85.2 Å². The molecule has 0 aromatic heterocycles. The van der Waals surface area contributed by atoms with Crippen LogP contribution in [0.1, 0.15) is 31.9 Å². The molecule has 3 nitrogen and oxygen atoms in total. The molecule has 3 heteroatoms.